The van der Waals surface area contributed by atoms with Crippen LogP contribution in [-0.2, 0) is 0 Å². The molecule has 0 nitrogen and oxygen atoms in total. The second-order valence-corrected chi connectivity index (χ2v) is 3.98. The van der Waals surface area contributed by atoms with Gasteiger partial charge in [0, 0.05) is 0 Å². The molecule has 0 amide bonds. The summed E-state index contributed by atoms with van der Waals surface area (Å²) >= 11 is 0. The van der Waals surface area contributed by atoms with Crippen LogP contribution < -0.4 is 0 Å². The second kappa shape index (κ2) is 3.94. The Morgan fingerprint density at radius 3 is 2.73 bits per heavy atom. The highest BCUT2D eigenvalue weighted by atomic mass is 14.3. The van der Waals surface area contributed by atoms with Crippen molar-refractivity contribution in [1.29, 1.82) is 0 Å². The minimum atomic E-state index is 0.870. The average Bonchev–Trinajstić information content (AvgIpc) is 2.36. The van der Waals surface area contributed by atoms with Crippen LogP contribution in [0.25, 0.3) is 0 Å². The van der Waals surface area contributed by atoms with Crippen LogP contribution in [0, 0.1) is 17.8 Å². The van der Waals surface area contributed by atoms with Crippen molar-refractivity contribution in [1.82, 2.24) is 0 Å². The lowest BCUT2D eigenvalue weighted by Crippen LogP contribution is -2.13. The Morgan fingerprint density at radius 2 is 2.27 bits per heavy atom. The monoisotopic (exact) mass is 152 g/mol. The molecule has 11 heavy (non-hydrogen) atoms. The zero-order valence-corrected chi connectivity index (χ0v) is 8.01. The van der Waals surface area contributed by atoms with E-state index in [1.807, 2.05) is 0 Å². The highest BCUT2D eigenvalue weighted by Gasteiger charge is 2.22. The lowest BCUT2D eigenvalue weighted by molar-refractivity contribution is 0.317. The van der Waals surface area contributed by atoms with Gasteiger partial charge in [0.25, 0.3) is 0 Å². The SMILES string of the molecule is CCCC(C)C1C=CCC1C. The van der Waals surface area contributed by atoms with Gasteiger partial charge in [0.1, 0.15) is 0 Å². The number of hydrogen-bond donors (Lipinski definition) is 0. The van der Waals surface area contributed by atoms with Crippen LogP contribution >= 0.6 is 0 Å². The van der Waals surface area contributed by atoms with E-state index in [9.17, 15) is 0 Å². The van der Waals surface area contributed by atoms with Crippen molar-refractivity contribution < 1.29 is 0 Å². The number of hydrogen-bond acceptors (Lipinski definition) is 0. The van der Waals surface area contributed by atoms with Crippen LogP contribution in [0.4, 0.5) is 0 Å². The van der Waals surface area contributed by atoms with E-state index in [0.29, 0.717) is 0 Å². The molecule has 0 heterocycles. The fourth-order valence-corrected chi connectivity index (χ4v) is 2.20. The van der Waals surface area contributed by atoms with Crippen molar-refractivity contribution >= 4 is 0 Å². The van der Waals surface area contributed by atoms with Gasteiger partial charge in [-0.1, -0.05) is 45.8 Å². The van der Waals surface area contributed by atoms with Gasteiger partial charge in [-0.2, -0.15) is 0 Å². The second-order valence-electron chi connectivity index (χ2n) is 3.98. The van der Waals surface area contributed by atoms with E-state index in [0.717, 1.165) is 17.8 Å². The molecule has 0 bridgehead atoms. The topological polar surface area (TPSA) is 0 Å². The first-order valence-corrected chi connectivity index (χ1v) is 4.92. The minimum Gasteiger partial charge on any atom is -0.0880 e. The zero-order chi connectivity index (χ0) is 8.27. The van der Waals surface area contributed by atoms with E-state index in [1.165, 1.54) is 19.3 Å². The van der Waals surface area contributed by atoms with Crippen LogP contribution in [0.2, 0.25) is 0 Å². The molecular formula is C11H20. The van der Waals surface area contributed by atoms with Crippen molar-refractivity contribution in [3.05, 3.63) is 12.2 Å². The molecule has 0 spiro atoms. The van der Waals surface area contributed by atoms with E-state index in [4.69, 9.17) is 0 Å². The van der Waals surface area contributed by atoms with Gasteiger partial charge >= 0.3 is 0 Å². The van der Waals surface area contributed by atoms with Crippen molar-refractivity contribution in [3.8, 4) is 0 Å². The molecule has 0 N–H and O–H groups in total. The molecule has 0 radical (unpaired) electrons. The molecule has 0 aromatic heterocycles. The van der Waals surface area contributed by atoms with Crippen LogP contribution in [-0.4, -0.2) is 0 Å². The number of rotatable bonds is 3. The van der Waals surface area contributed by atoms with Gasteiger partial charge in [-0.15, -0.1) is 0 Å². The molecule has 0 fully saturated rings. The molecule has 1 rings (SSSR count). The predicted molar refractivity (Wildman–Crippen MR) is 50.5 cm³/mol. The molecule has 3 unspecified atom stereocenters. The number of allylic oxidation sites excluding steroid dienone is 2. The fourth-order valence-electron chi connectivity index (χ4n) is 2.20. The molecule has 0 aromatic carbocycles. The van der Waals surface area contributed by atoms with Crippen molar-refractivity contribution in [2.24, 2.45) is 17.8 Å². The summed E-state index contributed by atoms with van der Waals surface area (Å²) in [4.78, 5) is 0. The van der Waals surface area contributed by atoms with Gasteiger partial charge in [-0.3, -0.25) is 0 Å². The van der Waals surface area contributed by atoms with E-state index >= 15 is 0 Å². The largest absolute Gasteiger partial charge is 0.0880 e. The van der Waals surface area contributed by atoms with Crippen LogP contribution in [0.1, 0.15) is 40.0 Å². The summed E-state index contributed by atoms with van der Waals surface area (Å²) in [5.41, 5.74) is 0. The quantitative estimate of drug-likeness (QED) is 0.542. The van der Waals surface area contributed by atoms with E-state index in [-0.39, 0.29) is 0 Å². The van der Waals surface area contributed by atoms with E-state index < -0.39 is 0 Å². The summed E-state index contributed by atoms with van der Waals surface area (Å²) < 4.78 is 0. The molecule has 0 saturated heterocycles. The normalized spacial score (nSPS) is 32.6. The molecule has 0 aliphatic heterocycles. The van der Waals surface area contributed by atoms with Crippen molar-refractivity contribution in [3.63, 3.8) is 0 Å². The first-order valence-electron chi connectivity index (χ1n) is 4.92. The first-order chi connectivity index (χ1) is 5.25. The van der Waals surface area contributed by atoms with Crippen molar-refractivity contribution in [2.75, 3.05) is 0 Å². The Morgan fingerprint density at radius 1 is 1.55 bits per heavy atom. The molecule has 1 aliphatic carbocycles. The summed E-state index contributed by atoms with van der Waals surface area (Å²) in [6, 6.07) is 0. The van der Waals surface area contributed by atoms with Crippen LogP contribution in [0.3, 0.4) is 0 Å². The third kappa shape index (κ3) is 2.08. The summed E-state index contributed by atoms with van der Waals surface area (Å²) in [6.45, 7) is 7.04. The predicted octanol–water partition coefficient (Wildman–Crippen LogP) is 3.63. The van der Waals surface area contributed by atoms with Gasteiger partial charge in [0.05, 0.1) is 0 Å². The summed E-state index contributed by atoms with van der Waals surface area (Å²) in [5.74, 6) is 2.67. The Kier molecular flexibility index (Phi) is 3.16. The standard InChI is InChI=1S/C11H20/c1-4-6-9(2)11-8-5-7-10(11)3/h5,8-11H,4,6-7H2,1-3H3. The lowest BCUT2D eigenvalue weighted by Gasteiger charge is -2.21. The molecule has 64 valence electrons. The van der Waals surface area contributed by atoms with Gasteiger partial charge in [-0.25, -0.2) is 0 Å². The first kappa shape index (κ1) is 8.83. The minimum absolute atomic E-state index is 0.870. The fraction of sp³-hybridized carbons (Fsp3) is 0.818. The van der Waals surface area contributed by atoms with Gasteiger partial charge in [-0.05, 0) is 24.2 Å². The third-order valence-corrected chi connectivity index (χ3v) is 2.92. The van der Waals surface area contributed by atoms with Crippen LogP contribution in [0.5, 0.6) is 0 Å². The third-order valence-electron chi connectivity index (χ3n) is 2.92. The summed E-state index contributed by atoms with van der Waals surface area (Å²) in [6.07, 6.45) is 8.79. The van der Waals surface area contributed by atoms with Crippen LogP contribution in [0.15, 0.2) is 12.2 Å². The molecule has 0 aromatic rings. The maximum Gasteiger partial charge on any atom is -0.0179 e. The van der Waals surface area contributed by atoms with Gasteiger partial charge in [0.2, 0.25) is 0 Å². The Hall–Kier alpha value is -0.260. The highest BCUT2D eigenvalue weighted by molar-refractivity contribution is 5.01. The Balaban J connectivity index is 2.39. The Labute approximate surface area is 70.7 Å². The van der Waals surface area contributed by atoms with E-state index in [2.05, 4.69) is 32.9 Å². The highest BCUT2D eigenvalue weighted by Crippen LogP contribution is 2.32. The molecule has 0 heteroatoms. The molecule has 1 aliphatic rings. The summed E-state index contributed by atoms with van der Waals surface area (Å²) in [5, 5.41) is 0. The summed E-state index contributed by atoms with van der Waals surface area (Å²) in [7, 11) is 0. The maximum absolute atomic E-state index is 2.42. The Bertz CT molecular complexity index is 135. The average molecular weight is 152 g/mol. The van der Waals surface area contributed by atoms with E-state index in [1.54, 1.807) is 0 Å². The molecule has 3 atom stereocenters. The van der Waals surface area contributed by atoms with Gasteiger partial charge < -0.3 is 0 Å². The smallest absolute Gasteiger partial charge is 0.0179 e. The zero-order valence-electron chi connectivity index (χ0n) is 8.01. The van der Waals surface area contributed by atoms with Gasteiger partial charge in [0.15, 0.2) is 0 Å². The molecular weight excluding hydrogens is 132 g/mol. The maximum atomic E-state index is 2.42. The molecule has 0 saturated carbocycles. The van der Waals surface area contributed by atoms with Crippen molar-refractivity contribution in [2.45, 2.75) is 40.0 Å². The lowest BCUT2D eigenvalue weighted by atomic mass is 9.84.